The number of hydrogen-bond acceptors (Lipinski definition) is 6. The SMILES string of the molecule is CC(C)N(C(C)C)P(OCCC#N)O[C@@H](C)CCOOI. The van der Waals surface area contributed by atoms with Crippen molar-refractivity contribution in [2.24, 2.45) is 0 Å². The molecule has 0 fully saturated rings. The van der Waals surface area contributed by atoms with Crippen LogP contribution in [-0.2, 0) is 17.2 Å². The normalized spacial score (nSPS) is 14.7. The van der Waals surface area contributed by atoms with E-state index >= 15 is 0 Å². The van der Waals surface area contributed by atoms with Crippen LogP contribution in [0, 0.1) is 11.3 Å². The van der Waals surface area contributed by atoms with Gasteiger partial charge in [0.25, 0.3) is 8.53 Å². The minimum atomic E-state index is -1.19. The van der Waals surface area contributed by atoms with E-state index in [9.17, 15) is 0 Å². The summed E-state index contributed by atoms with van der Waals surface area (Å²) < 4.78 is 18.6. The zero-order chi connectivity index (χ0) is 16.3. The number of halogens is 1. The second-order valence-electron chi connectivity index (χ2n) is 5.14. The van der Waals surface area contributed by atoms with Crippen molar-refractivity contribution in [3.8, 4) is 6.07 Å². The number of hydrogen-bond donors (Lipinski definition) is 0. The molecule has 0 amide bonds. The van der Waals surface area contributed by atoms with E-state index in [0.29, 0.717) is 38.1 Å². The summed E-state index contributed by atoms with van der Waals surface area (Å²) in [4.78, 5) is 4.86. The summed E-state index contributed by atoms with van der Waals surface area (Å²) in [5, 5.41) is 8.65. The van der Waals surface area contributed by atoms with Crippen molar-refractivity contribution >= 4 is 31.5 Å². The van der Waals surface area contributed by atoms with Gasteiger partial charge >= 0.3 is 0 Å². The van der Waals surface area contributed by atoms with E-state index in [1.807, 2.05) is 6.92 Å². The minimum absolute atomic E-state index is 0.00949. The van der Waals surface area contributed by atoms with E-state index in [1.54, 1.807) is 23.0 Å². The third-order valence-electron chi connectivity index (χ3n) is 2.58. The van der Waals surface area contributed by atoms with Crippen molar-refractivity contribution in [2.75, 3.05) is 13.2 Å². The maximum Gasteiger partial charge on any atom is 0.259 e. The first-order valence-corrected chi connectivity index (χ1v) is 9.10. The molecule has 2 atom stereocenters. The Balaban J connectivity index is 4.59. The molecule has 0 radical (unpaired) electrons. The lowest BCUT2D eigenvalue weighted by Crippen LogP contribution is -2.34. The first-order chi connectivity index (χ1) is 9.93. The standard InChI is InChI=1S/C13H26IN2O4P/c1-11(2)16(12(3)4)21(18-9-6-8-15)19-13(5)7-10-17-20-14/h11-13H,6-7,9-10H2,1-5H3/t13-,21?/m0/s1. The van der Waals surface area contributed by atoms with Gasteiger partial charge in [-0.15, -0.1) is 0 Å². The molecule has 0 aromatic heterocycles. The van der Waals surface area contributed by atoms with Crippen molar-refractivity contribution in [3.63, 3.8) is 0 Å². The Labute approximate surface area is 143 Å². The third kappa shape index (κ3) is 9.95. The summed E-state index contributed by atoms with van der Waals surface area (Å²) in [5.74, 6) is 0. The second kappa shape index (κ2) is 12.9. The zero-order valence-corrected chi connectivity index (χ0v) is 16.5. The highest BCUT2D eigenvalue weighted by Gasteiger charge is 2.28. The topological polar surface area (TPSA) is 64.0 Å². The smallest absolute Gasteiger partial charge is 0.259 e. The Kier molecular flexibility index (Phi) is 13.2. The van der Waals surface area contributed by atoms with Gasteiger partial charge in [0.05, 0.1) is 31.8 Å². The summed E-state index contributed by atoms with van der Waals surface area (Å²) in [6.07, 6.45) is 1.07. The highest BCUT2D eigenvalue weighted by molar-refractivity contribution is 14.1. The summed E-state index contributed by atoms with van der Waals surface area (Å²) in [6, 6.07) is 2.70. The fourth-order valence-corrected chi connectivity index (χ4v) is 3.64. The maximum absolute atomic E-state index is 8.65. The van der Waals surface area contributed by atoms with Gasteiger partial charge in [-0.25, -0.2) is 9.56 Å². The fourth-order valence-electron chi connectivity index (χ4n) is 1.75. The zero-order valence-electron chi connectivity index (χ0n) is 13.4. The van der Waals surface area contributed by atoms with Crippen molar-refractivity contribution in [1.29, 1.82) is 5.26 Å². The van der Waals surface area contributed by atoms with Crippen molar-refractivity contribution in [3.05, 3.63) is 0 Å². The summed E-state index contributed by atoms with van der Waals surface area (Å²) in [5.41, 5.74) is 0. The van der Waals surface area contributed by atoms with Gasteiger partial charge in [-0.1, -0.05) is 0 Å². The van der Waals surface area contributed by atoms with Crippen LogP contribution in [0.2, 0.25) is 0 Å². The van der Waals surface area contributed by atoms with E-state index in [0.717, 1.165) is 0 Å². The van der Waals surface area contributed by atoms with Crippen LogP contribution in [0.1, 0.15) is 47.5 Å². The lowest BCUT2D eigenvalue weighted by atomic mass is 10.3. The molecule has 0 aromatic carbocycles. The number of nitriles is 1. The predicted molar refractivity (Wildman–Crippen MR) is 91.4 cm³/mol. The molecule has 0 N–H and O–H groups in total. The Morgan fingerprint density at radius 3 is 2.24 bits per heavy atom. The molecule has 0 aromatic rings. The first kappa shape index (κ1) is 21.4. The fraction of sp³-hybridized carbons (Fsp3) is 0.923. The molecule has 0 heterocycles. The second-order valence-corrected chi connectivity index (χ2v) is 6.90. The Bertz CT molecular complexity index is 294. The minimum Gasteiger partial charge on any atom is -0.321 e. The molecule has 6 nitrogen and oxygen atoms in total. The summed E-state index contributed by atoms with van der Waals surface area (Å²) in [6.45, 7) is 11.3. The molecule has 0 aliphatic carbocycles. The van der Waals surface area contributed by atoms with E-state index in [1.165, 1.54) is 0 Å². The molecule has 0 rings (SSSR count). The molecule has 0 aliphatic rings. The molecule has 8 heteroatoms. The highest BCUT2D eigenvalue weighted by atomic mass is 127. The molecule has 0 saturated carbocycles. The molecular weight excluding hydrogens is 406 g/mol. The van der Waals surface area contributed by atoms with Gasteiger partial charge < -0.3 is 9.05 Å². The quantitative estimate of drug-likeness (QED) is 0.150. The molecule has 0 spiro atoms. The van der Waals surface area contributed by atoms with Crippen LogP contribution in [0.15, 0.2) is 0 Å². The van der Waals surface area contributed by atoms with Gasteiger partial charge in [0.1, 0.15) is 0 Å². The largest absolute Gasteiger partial charge is 0.321 e. The van der Waals surface area contributed by atoms with Crippen molar-refractivity contribution in [1.82, 2.24) is 4.67 Å². The monoisotopic (exact) mass is 432 g/mol. The molecule has 124 valence electrons. The van der Waals surface area contributed by atoms with Crippen molar-refractivity contribution < 1.29 is 17.2 Å². The van der Waals surface area contributed by atoms with Crippen LogP contribution in [0.4, 0.5) is 0 Å². The predicted octanol–water partition coefficient (Wildman–Crippen LogP) is 4.36. The van der Waals surface area contributed by atoms with Gasteiger partial charge in [-0.3, -0.25) is 0 Å². The van der Waals surface area contributed by atoms with E-state index < -0.39 is 8.53 Å². The van der Waals surface area contributed by atoms with Crippen molar-refractivity contribution in [2.45, 2.75) is 65.6 Å². The molecule has 0 aliphatic heterocycles. The van der Waals surface area contributed by atoms with Gasteiger partial charge in [-0.2, -0.15) is 8.48 Å². The molecule has 21 heavy (non-hydrogen) atoms. The molecule has 0 bridgehead atoms. The lowest BCUT2D eigenvalue weighted by Gasteiger charge is -2.36. The van der Waals surface area contributed by atoms with Crippen LogP contribution in [0.5, 0.6) is 0 Å². The molecule has 0 saturated heterocycles. The Morgan fingerprint density at radius 1 is 1.14 bits per heavy atom. The van der Waals surface area contributed by atoms with Crippen LogP contribution in [0.25, 0.3) is 0 Å². The third-order valence-corrected chi connectivity index (χ3v) is 5.08. The van der Waals surface area contributed by atoms with Gasteiger partial charge in [0.2, 0.25) is 0 Å². The lowest BCUT2D eigenvalue weighted by molar-refractivity contribution is -0.170. The Morgan fingerprint density at radius 2 is 1.76 bits per heavy atom. The average Bonchev–Trinajstić information content (AvgIpc) is 2.38. The number of nitrogens with zero attached hydrogens (tertiary/aromatic N) is 2. The van der Waals surface area contributed by atoms with Gasteiger partial charge in [0, 0.05) is 18.5 Å². The van der Waals surface area contributed by atoms with Crippen LogP contribution < -0.4 is 0 Å². The van der Waals surface area contributed by atoms with Crippen LogP contribution in [0.3, 0.4) is 0 Å². The summed E-state index contributed by atoms with van der Waals surface area (Å²) in [7, 11) is -1.19. The number of rotatable bonds is 12. The Hall–Kier alpha value is 0.450. The summed E-state index contributed by atoms with van der Waals surface area (Å²) >= 11 is 1.69. The maximum atomic E-state index is 8.65. The van der Waals surface area contributed by atoms with Crippen LogP contribution in [-0.4, -0.2) is 36.1 Å². The first-order valence-electron chi connectivity index (χ1n) is 7.09. The van der Waals surface area contributed by atoms with E-state index in [4.69, 9.17) is 19.2 Å². The van der Waals surface area contributed by atoms with E-state index in [-0.39, 0.29) is 6.10 Å². The van der Waals surface area contributed by atoms with Crippen LogP contribution >= 0.6 is 31.5 Å². The van der Waals surface area contributed by atoms with E-state index in [2.05, 4.69) is 41.7 Å². The van der Waals surface area contributed by atoms with Gasteiger partial charge in [-0.05, 0) is 34.6 Å². The molecule has 1 unspecified atom stereocenters. The highest BCUT2D eigenvalue weighted by Crippen LogP contribution is 2.47. The van der Waals surface area contributed by atoms with Gasteiger partial charge in [0.15, 0.2) is 23.0 Å². The average molecular weight is 432 g/mol. The molecular formula is C13H26IN2O4P.